The molecule has 0 bridgehead atoms. The van der Waals surface area contributed by atoms with Gasteiger partial charge in [-0.25, -0.2) is 0 Å². The van der Waals surface area contributed by atoms with Crippen LogP contribution in [0.25, 0.3) is 0 Å². The Hall–Kier alpha value is -0.710. The number of nitrogens with zero attached hydrogens (tertiary/aromatic N) is 1. The summed E-state index contributed by atoms with van der Waals surface area (Å²) in [6.45, 7) is 4.97. The molecule has 0 aromatic heterocycles. The molecular weight excluding hydrogens is 210 g/mol. The number of amides is 1. The van der Waals surface area contributed by atoms with Crippen molar-refractivity contribution in [1.82, 2.24) is 10.6 Å². The summed E-state index contributed by atoms with van der Waals surface area (Å²) < 4.78 is 0. The van der Waals surface area contributed by atoms with Crippen molar-refractivity contribution in [3.63, 3.8) is 0 Å². The Morgan fingerprint density at radius 3 is 3.13 bits per heavy atom. The van der Waals surface area contributed by atoms with E-state index >= 15 is 0 Å². The lowest BCUT2D eigenvalue weighted by atomic mass is 10.2. The molecule has 86 valence electrons. The first-order valence-corrected chi connectivity index (χ1v) is 6.45. The zero-order valence-electron chi connectivity index (χ0n) is 9.38. The van der Waals surface area contributed by atoms with Gasteiger partial charge in [-0.2, -0.15) is 0 Å². The Balaban J connectivity index is 2.35. The third-order valence-electron chi connectivity index (χ3n) is 2.27. The molecule has 0 aromatic carbocycles. The molecule has 2 N–H and O–H groups in total. The molecule has 0 spiro atoms. The van der Waals surface area contributed by atoms with Gasteiger partial charge >= 0.3 is 0 Å². The monoisotopic (exact) mass is 229 g/mol. The molecular formula is C10H19N3OS. The van der Waals surface area contributed by atoms with Crippen LogP contribution in [0, 0.1) is 0 Å². The van der Waals surface area contributed by atoms with Crippen LogP contribution >= 0.6 is 11.8 Å². The third-order valence-corrected chi connectivity index (χ3v) is 3.23. The van der Waals surface area contributed by atoms with Crippen molar-refractivity contribution in [2.45, 2.75) is 32.7 Å². The number of hydrogen-bond acceptors (Lipinski definition) is 3. The molecule has 1 rings (SSSR count). The lowest BCUT2D eigenvalue weighted by Crippen LogP contribution is -2.38. The summed E-state index contributed by atoms with van der Waals surface area (Å²) in [4.78, 5) is 15.4. The highest BCUT2D eigenvalue weighted by Crippen LogP contribution is 2.15. The second-order valence-corrected chi connectivity index (χ2v) is 4.55. The van der Waals surface area contributed by atoms with Gasteiger partial charge in [0.1, 0.15) is 6.54 Å². The van der Waals surface area contributed by atoms with Crippen molar-refractivity contribution in [2.75, 3.05) is 18.8 Å². The molecule has 1 saturated heterocycles. The Morgan fingerprint density at radius 2 is 2.47 bits per heavy atom. The van der Waals surface area contributed by atoms with E-state index in [1.165, 1.54) is 6.42 Å². The lowest BCUT2D eigenvalue weighted by molar-refractivity contribution is -0.119. The SMILES string of the molecule is CCNC(=O)CN=C1NC(CC)CCS1. The minimum absolute atomic E-state index is 0.00831. The molecule has 1 aliphatic rings. The van der Waals surface area contributed by atoms with Crippen LogP contribution in [0.2, 0.25) is 0 Å². The number of thioether (sulfide) groups is 1. The number of amidine groups is 1. The van der Waals surface area contributed by atoms with Gasteiger partial charge in [0.25, 0.3) is 0 Å². The fraction of sp³-hybridized carbons (Fsp3) is 0.800. The number of likely N-dealkylation sites (N-methyl/N-ethyl adjacent to an activating group) is 1. The van der Waals surface area contributed by atoms with Crippen LogP contribution in [0.3, 0.4) is 0 Å². The summed E-state index contributed by atoms with van der Waals surface area (Å²) in [5.41, 5.74) is 0. The fourth-order valence-electron chi connectivity index (χ4n) is 1.38. The van der Waals surface area contributed by atoms with E-state index in [1.54, 1.807) is 11.8 Å². The number of aliphatic imine (C=N–C) groups is 1. The van der Waals surface area contributed by atoms with Crippen LogP contribution in [0.1, 0.15) is 26.7 Å². The van der Waals surface area contributed by atoms with Crippen molar-refractivity contribution in [3.8, 4) is 0 Å². The molecule has 0 aromatic rings. The molecule has 5 heteroatoms. The van der Waals surface area contributed by atoms with E-state index in [1.807, 2.05) is 6.92 Å². The normalized spacial score (nSPS) is 23.6. The Morgan fingerprint density at radius 1 is 1.67 bits per heavy atom. The van der Waals surface area contributed by atoms with Gasteiger partial charge in [-0.1, -0.05) is 18.7 Å². The van der Waals surface area contributed by atoms with Gasteiger partial charge in [-0.15, -0.1) is 0 Å². The summed E-state index contributed by atoms with van der Waals surface area (Å²) in [6, 6.07) is 0.527. The largest absolute Gasteiger partial charge is 0.362 e. The summed E-state index contributed by atoms with van der Waals surface area (Å²) in [5.74, 6) is 1.09. The van der Waals surface area contributed by atoms with Crippen molar-refractivity contribution in [3.05, 3.63) is 0 Å². The molecule has 0 saturated carbocycles. The van der Waals surface area contributed by atoms with Gasteiger partial charge in [-0.3, -0.25) is 9.79 Å². The van der Waals surface area contributed by atoms with Crippen LogP contribution in [-0.4, -0.2) is 36.0 Å². The molecule has 4 nitrogen and oxygen atoms in total. The van der Waals surface area contributed by atoms with Crippen LogP contribution in [0.4, 0.5) is 0 Å². The van der Waals surface area contributed by atoms with E-state index in [0.29, 0.717) is 12.6 Å². The highest BCUT2D eigenvalue weighted by atomic mass is 32.2. The molecule has 1 atom stereocenters. The predicted molar refractivity (Wildman–Crippen MR) is 65.3 cm³/mol. The van der Waals surface area contributed by atoms with E-state index in [4.69, 9.17) is 0 Å². The van der Waals surface area contributed by atoms with Crippen molar-refractivity contribution < 1.29 is 4.79 Å². The summed E-state index contributed by atoms with van der Waals surface area (Å²) in [6.07, 6.45) is 2.29. The van der Waals surface area contributed by atoms with E-state index in [-0.39, 0.29) is 12.5 Å². The first-order chi connectivity index (χ1) is 7.26. The second-order valence-electron chi connectivity index (χ2n) is 3.46. The molecule has 1 amide bonds. The van der Waals surface area contributed by atoms with Gasteiger partial charge in [0.15, 0.2) is 5.17 Å². The average Bonchev–Trinajstić information content (AvgIpc) is 2.27. The topological polar surface area (TPSA) is 53.5 Å². The molecule has 0 radical (unpaired) electrons. The van der Waals surface area contributed by atoms with Crippen LogP contribution in [0.5, 0.6) is 0 Å². The Bertz CT molecular complexity index is 243. The zero-order chi connectivity index (χ0) is 11.1. The van der Waals surface area contributed by atoms with Gasteiger partial charge < -0.3 is 10.6 Å². The first-order valence-electron chi connectivity index (χ1n) is 5.46. The van der Waals surface area contributed by atoms with E-state index in [2.05, 4.69) is 22.5 Å². The van der Waals surface area contributed by atoms with Crippen molar-refractivity contribution in [2.24, 2.45) is 4.99 Å². The number of nitrogens with one attached hydrogen (secondary N) is 2. The molecule has 1 fully saturated rings. The number of rotatable bonds is 4. The van der Waals surface area contributed by atoms with Crippen LogP contribution in [0.15, 0.2) is 4.99 Å². The van der Waals surface area contributed by atoms with Gasteiger partial charge in [-0.05, 0) is 19.8 Å². The maximum absolute atomic E-state index is 11.2. The molecule has 1 unspecified atom stereocenters. The van der Waals surface area contributed by atoms with E-state index in [9.17, 15) is 4.79 Å². The van der Waals surface area contributed by atoms with Crippen molar-refractivity contribution >= 4 is 22.8 Å². The molecule has 0 aliphatic carbocycles. The summed E-state index contributed by atoms with van der Waals surface area (Å²) in [5, 5.41) is 6.98. The zero-order valence-corrected chi connectivity index (χ0v) is 10.2. The minimum atomic E-state index is -0.00831. The van der Waals surface area contributed by atoms with Gasteiger partial charge in [0.05, 0.1) is 0 Å². The number of carbonyl (C=O) groups excluding carboxylic acids is 1. The molecule has 1 aliphatic heterocycles. The fourth-order valence-corrected chi connectivity index (χ4v) is 2.38. The van der Waals surface area contributed by atoms with Gasteiger partial charge in [0.2, 0.25) is 5.91 Å². The summed E-state index contributed by atoms with van der Waals surface area (Å²) in [7, 11) is 0. The second kappa shape index (κ2) is 6.71. The predicted octanol–water partition coefficient (Wildman–Crippen LogP) is 0.984. The first kappa shape index (κ1) is 12.4. The number of hydrogen-bond donors (Lipinski definition) is 2. The standard InChI is InChI=1S/C10H19N3OS/c1-3-8-5-6-15-10(13-8)12-7-9(14)11-4-2/h8H,3-7H2,1-2H3,(H,11,14)(H,12,13). The highest BCUT2D eigenvalue weighted by Gasteiger charge is 2.15. The Labute approximate surface area is 95.3 Å². The highest BCUT2D eigenvalue weighted by molar-refractivity contribution is 8.13. The minimum Gasteiger partial charge on any atom is -0.362 e. The Kier molecular flexibility index (Phi) is 5.53. The van der Waals surface area contributed by atoms with Gasteiger partial charge in [0, 0.05) is 18.3 Å². The number of carbonyl (C=O) groups is 1. The summed E-state index contributed by atoms with van der Waals surface area (Å²) >= 11 is 1.70. The van der Waals surface area contributed by atoms with Crippen molar-refractivity contribution in [1.29, 1.82) is 0 Å². The maximum atomic E-state index is 11.2. The smallest absolute Gasteiger partial charge is 0.241 e. The average molecular weight is 229 g/mol. The van der Waals surface area contributed by atoms with Crippen LogP contribution in [-0.2, 0) is 4.79 Å². The maximum Gasteiger partial charge on any atom is 0.241 e. The molecule has 15 heavy (non-hydrogen) atoms. The van der Waals surface area contributed by atoms with E-state index < -0.39 is 0 Å². The van der Waals surface area contributed by atoms with E-state index in [0.717, 1.165) is 17.3 Å². The van der Waals surface area contributed by atoms with Crippen LogP contribution < -0.4 is 10.6 Å². The molecule has 1 heterocycles. The third kappa shape index (κ3) is 4.55. The lowest BCUT2D eigenvalue weighted by Gasteiger charge is -2.24. The quantitative estimate of drug-likeness (QED) is 0.755.